The van der Waals surface area contributed by atoms with Gasteiger partial charge in [0.15, 0.2) is 0 Å². The van der Waals surface area contributed by atoms with Crippen LogP contribution in [0.1, 0.15) is 37.0 Å². The molecule has 1 aromatic rings. The molecule has 0 radical (unpaired) electrons. The van der Waals surface area contributed by atoms with E-state index in [1.807, 2.05) is 13.8 Å². The first-order valence-corrected chi connectivity index (χ1v) is 6.64. The summed E-state index contributed by atoms with van der Waals surface area (Å²) in [5.74, 6) is -0.0336. The summed E-state index contributed by atoms with van der Waals surface area (Å²) in [6.45, 7) is 3.89. The van der Waals surface area contributed by atoms with Crippen LogP contribution in [-0.4, -0.2) is 22.2 Å². The van der Waals surface area contributed by atoms with Crippen LogP contribution in [0, 0.1) is 10.1 Å². The molecule has 19 heavy (non-hydrogen) atoms. The number of alkyl halides is 1. The summed E-state index contributed by atoms with van der Waals surface area (Å²) >= 11 is 5.91. The van der Waals surface area contributed by atoms with Crippen molar-refractivity contribution in [1.82, 2.24) is 5.32 Å². The zero-order valence-electron chi connectivity index (χ0n) is 11.0. The summed E-state index contributed by atoms with van der Waals surface area (Å²) in [4.78, 5) is 22.3. The molecule has 0 aliphatic rings. The number of amides is 1. The lowest BCUT2D eigenvalue weighted by Crippen LogP contribution is -2.49. The Morgan fingerprint density at radius 2 is 2.05 bits per heavy atom. The first-order chi connectivity index (χ1) is 8.98. The van der Waals surface area contributed by atoms with E-state index in [4.69, 9.17) is 11.6 Å². The van der Waals surface area contributed by atoms with Crippen LogP contribution in [-0.2, 0) is 0 Å². The maximum absolute atomic E-state index is 12.1. The van der Waals surface area contributed by atoms with Crippen molar-refractivity contribution in [3.05, 3.63) is 39.9 Å². The first kappa shape index (κ1) is 15.4. The maximum atomic E-state index is 12.1. The molecular weight excluding hydrogens is 268 g/mol. The van der Waals surface area contributed by atoms with Gasteiger partial charge in [-0.15, -0.1) is 11.6 Å². The number of nitrogens with zero attached hydrogens (tertiary/aromatic N) is 1. The van der Waals surface area contributed by atoms with E-state index >= 15 is 0 Å². The fraction of sp³-hybridized carbons (Fsp3) is 0.462. The quantitative estimate of drug-likeness (QED) is 0.495. The molecule has 0 saturated carbocycles. The minimum Gasteiger partial charge on any atom is -0.345 e. The standard InChI is InChI=1S/C13H17ClN2O3/c1-3-13(4-2,9-14)15-12(17)10-6-5-7-11(8-10)16(18)19/h5-8H,3-4,9H2,1-2H3,(H,15,17). The van der Waals surface area contributed by atoms with Gasteiger partial charge in [-0.25, -0.2) is 0 Å². The molecule has 0 unspecified atom stereocenters. The molecule has 0 saturated heterocycles. The van der Waals surface area contributed by atoms with Crippen LogP contribution in [0.15, 0.2) is 24.3 Å². The topological polar surface area (TPSA) is 72.2 Å². The van der Waals surface area contributed by atoms with Gasteiger partial charge in [-0.1, -0.05) is 19.9 Å². The van der Waals surface area contributed by atoms with Gasteiger partial charge in [0, 0.05) is 23.6 Å². The molecule has 1 aromatic carbocycles. The number of hydrogen-bond acceptors (Lipinski definition) is 3. The van der Waals surface area contributed by atoms with Crippen LogP contribution in [0.3, 0.4) is 0 Å². The molecule has 0 aliphatic carbocycles. The summed E-state index contributed by atoms with van der Waals surface area (Å²) in [6.07, 6.45) is 1.40. The van der Waals surface area contributed by atoms with Gasteiger partial charge >= 0.3 is 0 Å². The number of rotatable bonds is 6. The molecule has 5 nitrogen and oxygen atoms in total. The molecule has 104 valence electrons. The molecule has 0 bridgehead atoms. The third kappa shape index (κ3) is 3.67. The highest BCUT2D eigenvalue weighted by Crippen LogP contribution is 2.19. The molecule has 1 N–H and O–H groups in total. The second-order valence-corrected chi connectivity index (χ2v) is 4.65. The van der Waals surface area contributed by atoms with Crippen LogP contribution < -0.4 is 5.32 Å². The molecule has 1 amide bonds. The lowest BCUT2D eigenvalue weighted by atomic mass is 9.94. The van der Waals surface area contributed by atoms with E-state index in [0.29, 0.717) is 18.7 Å². The van der Waals surface area contributed by atoms with Gasteiger partial charge in [-0.3, -0.25) is 14.9 Å². The molecule has 0 aliphatic heterocycles. The fourth-order valence-electron chi connectivity index (χ4n) is 1.72. The Bertz CT molecular complexity index is 464. The lowest BCUT2D eigenvalue weighted by molar-refractivity contribution is -0.384. The molecular formula is C13H17ClN2O3. The third-order valence-corrected chi connectivity index (χ3v) is 3.82. The van der Waals surface area contributed by atoms with E-state index in [9.17, 15) is 14.9 Å². The van der Waals surface area contributed by atoms with E-state index < -0.39 is 10.5 Å². The van der Waals surface area contributed by atoms with Crippen molar-refractivity contribution in [2.75, 3.05) is 5.88 Å². The Kier molecular flexibility index (Phi) is 5.30. The highest BCUT2D eigenvalue weighted by Gasteiger charge is 2.27. The van der Waals surface area contributed by atoms with Crippen molar-refractivity contribution in [3.63, 3.8) is 0 Å². The average molecular weight is 285 g/mol. The molecule has 0 fully saturated rings. The zero-order chi connectivity index (χ0) is 14.5. The largest absolute Gasteiger partial charge is 0.345 e. The lowest BCUT2D eigenvalue weighted by Gasteiger charge is -2.30. The van der Waals surface area contributed by atoms with Crippen molar-refractivity contribution in [2.45, 2.75) is 32.2 Å². The SMILES string of the molecule is CCC(CC)(CCl)NC(=O)c1cccc([N+](=O)[O-])c1. The summed E-state index contributed by atoms with van der Waals surface area (Å²) < 4.78 is 0. The van der Waals surface area contributed by atoms with Gasteiger partial charge in [0.05, 0.1) is 10.5 Å². The number of halogens is 1. The van der Waals surface area contributed by atoms with Crippen LogP contribution in [0.2, 0.25) is 0 Å². The number of carbonyl (C=O) groups is 1. The van der Waals surface area contributed by atoms with E-state index in [1.165, 1.54) is 18.2 Å². The van der Waals surface area contributed by atoms with Gasteiger partial charge in [0.25, 0.3) is 11.6 Å². The van der Waals surface area contributed by atoms with Crippen molar-refractivity contribution in [2.24, 2.45) is 0 Å². The highest BCUT2D eigenvalue weighted by molar-refractivity contribution is 6.19. The number of nitro benzene ring substituents is 1. The minimum absolute atomic E-state index is 0.0999. The van der Waals surface area contributed by atoms with E-state index in [1.54, 1.807) is 6.07 Å². The first-order valence-electron chi connectivity index (χ1n) is 6.11. The molecule has 0 aromatic heterocycles. The molecule has 0 spiro atoms. The van der Waals surface area contributed by atoms with E-state index in [2.05, 4.69) is 5.32 Å². The predicted molar refractivity (Wildman–Crippen MR) is 74.6 cm³/mol. The second-order valence-electron chi connectivity index (χ2n) is 4.38. The minimum atomic E-state index is -0.523. The van der Waals surface area contributed by atoms with Gasteiger partial charge in [-0.05, 0) is 18.9 Å². The van der Waals surface area contributed by atoms with Crippen molar-refractivity contribution >= 4 is 23.2 Å². The molecule has 0 heterocycles. The summed E-state index contributed by atoms with van der Waals surface area (Å²) in [5, 5.41) is 13.6. The zero-order valence-corrected chi connectivity index (χ0v) is 11.7. The van der Waals surface area contributed by atoms with Gasteiger partial charge in [0.1, 0.15) is 0 Å². The average Bonchev–Trinajstić information content (AvgIpc) is 2.45. The predicted octanol–water partition coefficient (Wildman–Crippen LogP) is 3.12. The smallest absolute Gasteiger partial charge is 0.270 e. The Balaban J connectivity index is 2.94. The monoisotopic (exact) mass is 284 g/mol. The number of benzene rings is 1. The Morgan fingerprint density at radius 1 is 1.42 bits per heavy atom. The normalized spacial score (nSPS) is 11.1. The molecule has 0 atom stereocenters. The molecule has 6 heteroatoms. The van der Waals surface area contributed by atoms with Crippen LogP contribution in [0.5, 0.6) is 0 Å². The van der Waals surface area contributed by atoms with Gasteiger partial charge in [0.2, 0.25) is 0 Å². The van der Waals surface area contributed by atoms with Gasteiger partial charge < -0.3 is 5.32 Å². The van der Waals surface area contributed by atoms with Crippen molar-refractivity contribution in [3.8, 4) is 0 Å². The maximum Gasteiger partial charge on any atom is 0.270 e. The third-order valence-electron chi connectivity index (χ3n) is 3.31. The number of non-ortho nitro benzene ring substituents is 1. The Labute approximate surface area is 117 Å². The molecule has 1 rings (SSSR count). The van der Waals surface area contributed by atoms with Crippen molar-refractivity contribution < 1.29 is 9.72 Å². The van der Waals surface area contributed by atoms with Crippen LogP contribution in [0.25, 0.3) is 0 Å². The number of nitro groups is 1. The Hall–Kier alpha value is -1.62. The highest BCUT2D eigenvalue weighted by atomic mass is 35.5. The van der Waals surface area contributed by atoms with Gasteiger partial charge in [-0.2, -0.15) is 0 Å². The summed E-state index contributed by atoms with van der Waals surface area (Å²) in [6, 6.07) is 5.66. The fourth-order valence-corrected chi connectivity index (χ4v) is 2.17. The number of nitrogens with one attached hydrogen (secondary N) is 1. The van der Waals surface area contributed by atoms with E-state index in [-0.39, 0.29) is 17.2 Å². The van der Waals surface area contributed by atoms with Crippen molar-refractivity contribution in [1.29, 1.82) is 0 Å². The van der Waals surface area contributed by atoms with Crippen LogP contribution in [0.4, 0.5) is 5.69 Å². The number of carbonyl (C=O) groups excluding carboxylic acids is 1. The summed E-state index contributed by atoms with van der Waals surface area (Å²) in [7, 11) is 0. The summed E-state index contributed by atoms with van der Waals surface area (Å²) in [5.41, 5.74) is -0.300. The second kappa shape index (κ2) is 6.52. The number of hydrogen-bond donors (Lipinski definition) is 1. The Morgan fingerprint density at radius 3 is 2.53 bits per heavy atom. The van der Waals surface area contributed by atoms with Crippen LogP contribution >= 0.6 is 11.6 Å². The van der Waals surface area contributed by atoms with E-state index in [0.717, 1.165) is 0 Å².